The summed E-state index contributed by atoms with van der Waals surface area (Å²) in [4.78, 5) is 73.1. The molecule has 1 heterocycles. The molecule has 304 valence electrons. The normalized spacial score (nSPS) is 24.4. The van der Waals surface area contributed by atoms with Crippen molar-refractivity contribution < 1.29 is 38.6 Å². The first-order chi connectivity index (χ1) is 27.2. The number of nitrogens with zero attached hydrogens (tertiary/aromatic N) is 1. The lowest BCUT2D eigenvalue weighted by Crippen LogP contribution is -2.60. The molecule has 4 amide bonds. The van der Waals surface area contributed by atoms with Crippen molar-refractivity contribution >= 4 is 40.5 Å². The Bertz CT molecular complexity index is 2010. The number of carboxylic acids is 1. The van der Waals surface area contributed by atoms with E-state index in [-0.39, 0.29) is 31.1 Å². The van der Waals surface area contributed by atoms with E-state index in [0.717, 1.165) is 37.7 Å². The van der Waals surface area contributed by atoms with Crippen LogP contribution in [0.5, 0.6) is 11.5 Å². The van der Waals surface area contributed by atoms with Gasteiger partial charge in [-0.2, -0.15) is 0 Å². The summed E-state index contributed by atoms with van der Waals surface area (Å²) in [7, 11) is 3.12. The summed E-state index contributed by atoms with van der Waals surface area (Å²) in [6, 6.07) is 15.1. The molecule has 13 nitrogen and oxygen atoms in total. The summed E-state index contributed by atoms with van der Waals surface area (Å²) in [6.07, 6.45) is 5.90. The number of hydrogen-bond acceptors (Lipinski definition) is 8. The molecular formula is C44H55N5O8. The van der Waals surface area contributed by atoms with Gasteiger partial charge in [-0.1, -0.05) is 76.4 Å². The number of carboxylic acid groups (broad SMARTS) is 1. The predicted molar refractivity (Wildman–Crippen MR) is 215 cm³/mol. The number of fused-ring (bicyclic) bond motifs is 1. The zero-order chi connectivity index (χ0) is 41.1. The Morgan fingerprint density at radius 2 is 1.61 bits per heavy atom. The molecule has 0 saturated heterocycles. The van der Waals surface area contributed by atoms with Gasteiger partial charge < -0.3 is 35.8 Å². The SMILES string of the molecule is C=CC1CC1(NC(=O)C1CC(Oc2cc(-c3ccccc3)nc3cc(OC)ccc23)CC1C(=O)NC(C(=O)NC(C(=O)NC)C1CCCCC1)C(C)(C)C)C(=O)O. The Kier molecular flexibility index (Phi) is 12.2. The highest BCUT2D eigenvalue weighted by molar-refractivity contribution is 5.97. The summed E-state index contributed by atoms with van der Waals surface area (Å²) < 4.78 is 12.2. The first kappa shape index (κ1) is 41.2. The van der Waals surface area contributed by atoms with Crippen LogP contribution in [0.1, 0.15) is 72.1 Å². The van der Waals surface area contributed by atoms with Crippen LogP contribution >= 0.6 is 0 Å². The molecule has 2 aromatic carbocycles. The highest BCUT2D eigenvalue weighted by Crippen LogP contribution is 2.46. The highest BCUT2D eigenvalue weighted by Gasteiger charge is 2.61. The molecule has 0 spiro atoms. The van der Waals surface area contributed by atoms with E-state index in [1.165, 1.54) is 6.08 Å². The topological polar surface area (TPSA) is 185 Å². The molecular weight excluding hydrogens is 727 g/mol. The Hall–Kier alpha value is -5.46. The van der Waals surface area contributed by atoms with Gasteiger partial charge >= 0.3 is 5.97 Å². The molecule has 3 aliphatic rings. The number of benzene rings is 2. The Morgan fingerprint density at radius 3 is 2.21 bits per heavy atom. The summed E-state index contributed by atoms with van der Waals surface area (Å²) >= 11 is 0. The minimum atomic E-state index is -1.51. The van der Waals surface area contributed by atoms with Crippen molar-refractivity contribution in [2.75, 3.05) is 14.2 Å². The second kappa shape index (κ2) is 17.0. The van der Waals surface area contributed by atoms with Crippen LogP contribution in [-0.2, 0) is 24.0 Å². The molecule has 3 saturated carbocycles. The van der Waals surface area contributed by atoms with E-state index < -0.39 is 70.6 Å². The van der Waals surface area contributed by atoms with Crippen LogP contribution in [0, 0.1) is 29.1 Å². The van der Waals surface area contributed by atoms with Gasteiger partial charge in [-0.3, -0.25) is 19.2 Å². The number of aromatic nitrogens is 1. The molecule has 6 rings (SSSR count). The smallest absolute Gasteiger partial charge is 0.330 e. The van der Waals surface area contributed by atoms with Crippen molar-refractivity contribution in [3.63, 3.8) is 0 Å². The maximum Gasteiger partial charge on any atom is 0.330 e. The zero-order valence-corrected chi connectivity index (χ0v) is 33.4. The van der Waals surface area contributed by atoms with Gasteiger partial charge in [0.2, 0.25) is 23.6 Å². The molecule has 3 fully saturated rings. The average Bonchev–Trinajstić information content (AvgIpc) is 3.77. The minimum Gasteiger partial charge on any atom is -0.497 e. The van der Waals surface area contributed by atoms with E-state index in [1.54, 1.807) is 20.2 Å². The molecule has 0 aliphatic heterocycles. The number of likely N-dealkylation sites (N-methyl/N-ethyl adjacent to an activating group) is 1. The van der Waals surface area contributed by atoms with Crippen molar-refractivity contribution in [1.82, 2.24) is 26.3 Å². The standard InChI is InChI=1S/C44H55N5O8/c1-7-27-24-44(27,42(54)55)49-39(51)32-21-29(57-35-23-33(25-14-10-8-11-15-25)46-34-22-28(56-6)18-19-30(34)35)20-31(32)38(50)48-37(43(2,3)4)41(53)47-36(40(52)45-5)26-16-12-9-13-17-26/h7-8,10-11,14-15,18-19,22-23,26-27,29,31-32,36-37H,1,9,12-13,16-17,20-21,24H2,2-6H3,(H,45,52)(H,47,53)(H,48,50)(H,49,51)(H,54,55). The van der Waals surface area contributed by atoms with E-state index in [2.05, 4.69) is 27.8 Å². The van der Waals surface area contributed by atoms with Gasteiger partial charge in [-0.25, -0.2) is 9.78 Å². The summed E-state index contributed by atoms with van der Waals surface area (Å²) in [5.74, 6) is -4.42. The van der Waals surface area contributed by atoms with Crippen LogP contribution in [0.3, 0.4) is 0 Å². The monoisotopic (exact) mass is 781 g/mol. The summed E-state index contributed by atoms with van der Waals surface area (Å²) in [6.45, 7) is 9.21. The van der Waals surface area contributed by atoms with Gasteiger partial charge in [0.1, 0.15) is 35.2 Å². The number of hydrogen-bond donors (Lipinski definition) is 5. The third-order valence-electron chi connectivity index (χ3n) is 11.9. The average molecular weight is 782 g/mol. The largest absolute Gasteiger partial charge is 0.497 e. The lowest BCUT2D eigenvalue weighted by atomic mass is 9.82. The maximum atomic E-state index is 14.5. The molecule has 13 heteroatoms. The number of aliphatic carboxylic acids is 1. The van der Waals surface area contributed by atoms with Gasteiger partial charge in [0.05, 0.1) is 30.2 Å². The van der Waals surface area contributed by atoms with Gasteiger partial charge in [0, 0.05) is 36.0 Å². The number of ether oxygens (including phenoxy) is 2. The van der Waals surface area contributed by atoms with Crippen molar-refractivity contribution in [2.45, 2.75) is 95.9 Å². The molecule has 3 aliphatic carbocycles. The fourth-order valence-electron chi connectivity index (χ4n) is 8.51. The van der Waals surface area contributed by atoms with Crippen molar-refractivity contribution in [1.29, 1.82) is 0 Å². The quantitative estimate of drug-likeness (QED) is 0.138. The zero-order valence-electron chi connectivity index (χ0n) is 33.4. The molecule has 5 N–H and O–H groups in total. The Morgan fingerprint density at radius 1 is 0.930 bits per heavy atom. The lowest BCUT2D eigenvalue weighted by Gasteiger charge is -2.35. The molecule has 7 atom stereocenters. The molecule has 0 radical (unpaired) electrons. The number of rotatable bonds is 14. The number of methoxy groups -OCH3 is 1. The second-order valence-electron chi connectivity index (χ2n) is 16.8. The van der Waals surface area contributed by atoms with Gasteiger partial charge in [0.25, 0.3) is 0 Å². The lowest BCUT2D eigenvalue weighted by molar-refractivity contribution is -0.145. The second-order valence-corrected chi connectivity index (χ2v) is 16.8. The first-order valence-corrected chi connectivity index (χ1v) is 19.9. The minimum absolute atomic E-state index is 0.0316. The highest BCUT2D eigenvalue weighted by atomic mass is 16.5. The number of amides is 4. The number of nitrogens with one attached hydrogen (secondary N) is 4. The third-order valence-corrected chi connectivity index (χ3v) is 11.9. The fraction of sp³-hybridized carbons (Fsp3) is 0.500. The summed E-state index contributed by atoms with van der Waals surface area (Å²) in [5.41, 5.74) is -0.146. The van der Waals surface area contributed by atoms with Crippen LogP contribution in [-0.4, -0.2) is 77.6 Å². The van der Waals surface area contributed by atoms with Crippen LogP contribution < -0.4 is 30.7 Å². The molecule has 57 heavy (non-hydrogen) atoms. The molecule has 3 aromatic rings. The number of carbonyl (C=O) groups excluding carboxylic acids is 4. The van der Waals surface area contributed by atoms with Crippen molar-refractivity contribution in [2.24, 2.45) is 29.1 Å². The number of pyridine rings is 1. The maximum absolute atomic E-state index is 14.5. The Labute approximate surface area is 333 Å². The fourth-order valence-corrected chi connectivity index (χ4v) is 8.51. The van der Waals surface area contributed by atoms with Gasteiger partial charge in [0.15, 0.2) is 0 Å². The van der Waals surface area contributed by atoms with Crippen molar-refractivity contribution in [3.05, 3.63) is 67.3 Å². The van der Waals surface area contributed by atoms with Crippen LogP contribution in [0.4, 0.5) is 0 Å². The van der Waals surface area contributed by atoms with Crippen LogP contribution in [0.2, 0.25) is 0 Å². The van der Waals surface area contributed by atoms with Gasteiger partial charge in [-0.05, 0) is 55.6 Å². The first-order valence-electron chi connectivity index (χ1n) is 19.9. The molecule has 0 bridgehead atoms. The van der Waals surface area contributed by atoms with E-state index in [1.807, 2.05) is 69.3 Å². The van der Waals surface area contributed by atoms with E-state index in [4.69, 9.17) is 14.5 Å². The third kappa shape index (κ3) is 8.92. The molecule has 7 unspecified atom stereocenters. The van der Waals surface area contributed by atoms with E-state index in [0.29, 0.717) is 28.1 Å². The molecule has 1 aromatic heterocycles. The van der Waals surface area contributed by atoms with Crippen LogP contribution in [0.15, 0.2) is 67.3 Å². The summed E-state index contributed by atoms with van der Waals surface area (Å²) in [5, 5.41) is 22.2. The van der Waals surface area contributed by atoms with E-state index >= 15 is 0 Å². The van der Waals surface area contributed by atoms with Crippen LogP contribution in [0.25, 0.3) is 22.2 Å². The van der Waals surface area contributed by atoms with Crippen molar-refractivity contribution in [3.8, 4) is 22.8 Å². The van der Waals surface area contributed by atoms with Gasteiger partial charge in [-0.15, -0.1) is 6.58 Å². The predicted octanol–water partition coefficient (Wildman–Crippen LogP) is 5.17. The van der Waals surface area contributed by atoms with E-state index in [9.17, 15) is 29.1 Å². The Balaban J connectivity index is 1.30. The number of carbonyl (C=O) groups is 5.